The fourth-order valence-corrected chi connectivity index (χ4v) is 8.17. The number of hydrogen-bond donors (Lipinski definition) is 0. The highest BCUT2D eigenvalue weighted by Crippen LogP contribution is 2.40. The van der Waals surface area contributed by atoms with E-state index in [9.17, 15) is 13.2 Å². The Morgan fingerprint density at radius 3 is 1.20 bits per heavy atom. The van der Waals surface area contributed by atoms with Gasteiger partial charge in [0.05, 0.1) is 22.3 Å². The third kappa shape index (κ3) is 7.57. The lowest BCUT2D eigenvalue weighted by molar-refractivity contribution is -0.137. The first kappa shape index (κ1) is 39.2. The summed E-state index contributed by atoms with van der Waals surface area (Å²) >= 11 is 0. The number of para-hydroxylation sites is 1. The lowest BCUT2D eigenvalue weighted by Gasteiger charge is -2.17. The SMILES string of the molecule is FC(F)(F)c1ccc(-c2ccc(-c3nc(-c4ccccc4)nc(-c4ccccc4)n3)c(-n3c4ccccc4c4ccc(-c5nc(-c6ccccc6)nc(-c6ccccc6)n5)cc43)c2)cc1. The molecule has 0 bridgehead atoms. The second-order valence-corrected chi connectivity index (χ2v) is 15.5. The van der Waals surface area contributed by atoms with E-state index in [0.717, 1.165) is 61.8 Å². The van der Waals surface area contributed by atoms with E-state index >= 15 is 0 Å². The van der Waals surface area contributed by atoms with Crippen LogP contribution in [-0.2, 0) is 6.18 Å². The standard InChI is InChI=1S/C55H34F3N7/c56-55(57,58)42-29-25-35(26-30-42)40-27-32-45(54-63-51(38-19-9-3-10-20-38)60-52(64-54)39-21-11-4-12-22-39)48(33-40)65-46-24-14-13-23-43(46)44-31-28-41(34-47(44)65)53-61-49(36-15-5-1-6-16-36)59-50(62-53)37-17-7-2-8-18-37/h1-34H. The van der Waals surface area contributed by atoms with Crippen molar-refractivity contribution < 1.29 is 13.2 Å². The van der Waals surface area contributed by atoms with Gasteiger partial charge >= 0.3 is 6.18 Å². The first-order valence-corrected chi connectivity index (χ1v) is 20.9. The molecule has 8 aromatic carbocycles. The third-order valence-corrected chi connectivity index (χ3v) is 11.4. The molecule has 0 spiro atoms. The fraction of sp³-hybridized carbons (Fsp3) is 0.0182. The molecule has 11 rings (SSSR count). The number of benzene rings is 8. The Bertz CT molecular complexity index is 3390. The van der Waals surface area contributed by atoms with Gasteiger partial charge in [-0.2, -0.15) is 13.2 Å². The monoisotopic (exact) mass is 849 g/mol. The molecule has 0 aliphatic heterocycles. The normalized spacial score (nSPS) is 11.6. The predicted octanol–water partition coefficient (Wildman–Crippen LogP) is 13.8. The van der Waals surface area contributed by atoms with E-state index < -0.39 is 11.7 Å². The van der Waals surface area contributed by atoms with Crippen LogP contribution in [0, 0.1) is 0 Å². The van der Waals surface area contributed by atoms with Gasteiger partial charge in [-0.05, 0) is 47.5 Å². The van der Waals surface area contributed by atoms with Crippen molar-refractivity contribution in [3.8, 4) is 85.1 Å². The molecule has 310 valence electrons. The van der Waals surface area contributed by atoms with Gasteiger partial charge in [0.15, 0.2) is 34.9 Å². The van der Waals surface area contributed by atoms with Crippen molar-refractivity contribution in [2.75, 3.05) is 0 Å². The minimum Gasteiger partial charge on any atom is -0.308 e. The first-order chi connectivity index (χ1) is 31.8. The molecule has 7 nitrogen and oxygen atoms in total. The molecule has 11 aromatic rings. The number of alkyl halides is 3. The molecule has 0 amide bonds. The van der Waals surface area contributed by atoms with Gasteiger partial charge in [0, 0.05) is 44.2 Å². The lowest BCUT2D eigenvalue weighted by Crippen LogP contribution is -2.05. The average Bonchev–Trinajstić information content (AvgIpc) is 3.70. The molecule has 0 saturated carbocycles. The molecule has 0 saturated heterocycles. The van der Waals surface area contributed by atoms with Crippen LogP contribution in [0.1, 0.15) is 5.56 Å². The molecule has 65 heavy (non-hydrogen) atoms. The summed E-state index contributed by atoms with van der Waals surface area (Å²) in [5.74, 6) is 2.99. The summed E-state index contributed by atoms with van der Waals surface area (Å²) in [7, 11) is 0. The number of halogens is 3. The van der Waals surface area contributed by atoms with Crippen molar-refractivity contribution in [3.05, 3.63) is 212 Å². The number of fused-ring (bicyclic) bond motifs is 3. The van der Waals surface area contributed by atoms with E-state index in [1.165, 1.54) is 12.1 Å². The van der Waals surface area contributed by atoms with Gasteiger partial charge in [0.1, 0.15) is 0 Å². The Labute approximate surface area is 371 Å². The molecule has 0 aliphatic carbocycles. The molecule has 0 aliphatic rings. The highest BCUT2D eigenvalue weighted by atomic mass is 19.4. The number of nitrogens with zero attached hydrogens (tertiary/aromatic N) is 7. The molecule has 3 heterocycles. The Morgan fingerprint density at radius 2 is 0.708 bits per heavy atom. The van der Waals surface area contributed by atoms with Crippen molar-refractivity contribution in [2.45, 2.75) is 6.18 Å². The van der Waals surface area contributed by atoms with E-state index in [2.05, 4.69) is 28.8 Å². The number of rotatable bonds is 8. The Balaban J connectivity index is 1.18. The van der Waals surface area contributed by atoms with Gasteiger partial charge in [0.25, 0.3) is 0 Å². The van der Waals surface area contributed by atoms with Gasteiger partial charge in [-0.1, -0.05) is 170 Å². The first-order valence-electron chi connectivity index (χ1n) is 20.9. The zero-order chi connectivity index (χ0) is 43.9. The summed E-state index contributed by atoms with van der Waals surface area (Å²) in [6.45, 7) is 0. The molecular weight excluding hydrogens is 816 g/mol. The minimum absolute atomic E-state index is 0.422. The van der Waals surface area contributed by atoms with Crippen LogP contribution >= 0.6 is 0 Å². The predicted molar refractivity (Wildman–Crippen MR) is 251 cm³/mol. The minimum atomic E-state index is -4.47. The highest BCUT2D eigenvalue weighted by molar-refractivity contribution is 6.10. The molecule has 0 radical (unpaired) electrons. The number of hydrogen-bond acceptors (Lipinski definition) is 6. The fourth-order valence-electron chi connectivity index (χ4n) is 8.17. The summed E-state index contributed by atoms with van der Waals surface area (Å²) in [5.41, 5.74) is 7.85. The van der Waals surface area contributed by atoms with E-state index in [1.54, 1.807) is 0 Å². The van der Waals surface area contributed by atoms with Gasteiger partial charge in [-0.3, -0.25) is 0 Å². The molecule has 3 aromatic heterocycles. The lowest BCUT2D eigenvalue weighted by atomic mass is 10.00. The van der Waals surface area contributed by atoms with Crippen LogP contribution in [0.4, 0.5) is 13.2 Å². The topological polar surface area (TPSA) is 82.3 Å². The zero-order valence-corrected chi connectivity index (χ0v) is 34.4. The maximum atomic E-state index is 13.8. The Hall–Kier alpha value is -8.63. The van der Waals surface area contributed by atoms with Gasteiger partial charge < -0.3 is 4.57 Å². The van der Waals surface area contributed by atoms with Gasteiger partial charge in [-0.15, -0.1) is 0 Å². The quantitative estimate of drug-likeness (QED) is 0.151. The van der Waals surface area contributed by atoms with Crippen LogP contribution in [-0.4, -0.2) is 34.5 Å². The van der Waals surface area contributed by atoms with E-state index in [1.807, 2.05) is 158 Å². The molecule has 0 fully saturated rings. The summed E-state index contributed by atoms with van der Waals surface area (Å²) < 4.78 is 43.4. The van der Waals surface area contributed by atoms with Crippen LogP contribution in [0.25, 0.3) is 107 Å². The Kier molecular flexibility index (Phi) is 9.81. The van der Waals surface area contributed by atoms with Crippen molar-refractivity contribution in [3.63, 3.8) is 0 Å². The van der Waals surface area contributed by atoms with Crippen LogP contribution < -0.4 is 0 Å². The molecular formula is C55H34F3N7. The smallest absolute Gasteiger partial charge is 0.308 e. The number of aromatic nitrogens is 7. The maximum absolute atomic E-state index is 13.8. The van der Waals surface area contributed by atoms with E-state index in [4.69, 9.17) is 29.9 Å². The summed E-state index contributed by atoms with van der Waals surface area (Å²) in [5, 5.41) is 1.97. The average molecular weight is 850 g/mol. The molecule has 0 atom stereocenters. The van der Waals surface area contributed by atoms with Crippen LogP contribution in [0.5, 0.6) is 0 Å². The molecule has 0 N–H and O–H groups in total. The van der Waals surface area contributed by atoms with Crippen molar-refractivity contribution >= 4 is 21.8 Å². The molecule has 0 unspecified atom stereocenters. The van der Waals surface area contributed by atoms with Gasteiger partial charge in [-0.25, -0.2) is 29.9 Å². The Morgan fingerprint density at radius 1 is 0.308 bits per heavy atom. The van der Waals surface area contributed by atoms with E-state index in [0.29, 0.717) is 57.3 Å². The second-order valence-electron chi connectivity index (χ2n) is 15.5. The largest absolute Gasteiger partial charge is 0.416 e. The maximum Gasteiger partial charge on any atom is 0.416 e. The summed E-state index contributed by atoms with van der Waals surface area (Å²) in [6.07, 6.45) is -4.47. The molecule has 10 heteroatoms. The highest BCUT2D eigenvalue weighted by Gasteiger charge is 2.30. The van der Waals surface area contributed by atoms with E-state index in [-0.39, 0.29) is 0 Å². The van der Waals surface area contributed by atoms with Gasteiger partial charge in [0.2, 0.25) is 0 Å². The van der Waals surface area contributed by atoms with Crippen molar-refractivity contribution in [2.24, 2.45) is 0 Å². The van der Waals surface area contributed by atoms with Crippen LogP contribution in [0.3, 0.4) is 0 Å². The second kappa shape index (κ2) is 16.2. The van der Waals surface area contributed by atoms with Crippen LogP contribution in [0.2, 0.25) is 0 Å². The third-order valence-electron chi connectivity index (χ3n) is 11.4. The van der Waals surface area contributed by atoms with Crippen molar-refractivity contribution in [1.82, 2.24) is 34.5 Å². The summed E-state index contributed by atoms with van der Waals surface area (Å²) in [4.78, 5) is 30.2. The zero-order valence-electron chi connectivity index (χ0n) is 34.4. The van der Waals surface area contributed by atoms with Crippen molar-refractivity contribution in [1.29, 1.82) is 0 Å². The van der Waals surface area contributed by atoms with Crippen LogP contribution in [0.15, 0.2) is 206 Å². The summed E-state index contributed by atoms with van der Waals surface area (Å²) in [6, 6.07) is 64.6.